The van der Waals surface area contributed by atoms with Gasteiger partial charge >= 0.3 is 19.7 Å². The minimum Gasteiger partial charge on any atom is -0.464 e. The third kappa shape index (κ3) is 4.74. The number of hydrogen-bond donors (Lipinski definition) is 2. The lowest BCUT2D eigenvalue weighted by Crippen LogP contribution is -2.46. The van der Waals surface area contributed by atoms with Gasteiger partial charge in [0.15, 0.2) is 0 Å². The third-order valence-corrected chi connectivity index (χ3v) is 7.18. The van der Waals surface area contributed by atoms with Crippen LogP contribution in [0.25, 0.3) is 0 Å². The second-order valence-corrected chi connectivity index (χ2v) is 8.35. The molecule has 2 N–H and O–H groups in total. The molecular weight excluding hydrogens is 349 g/mol. The fraction of sp³-hybridized carbons (Fsp3) is 0.875. The lowest BCUT2D eigenvalue weighted by atomic mass is 9.85. The van der Waals surface area contributed by atoms with Crippen LogP contribution in [0.1, 0.15) is 53.4 Å². The molecule has 1 heterocycles. The number of hydrogen-bond acceptors (Lipinski definition) is 5. The standard InChI is InChI=1S/C16H30NO7P/c1-5-16(6-2,25(20,21)22)11-12-9-10-17(15(19)24-8-4)13(12)14(18)23-7-3/h12-13H,5-11H2,1-4H3,(H2,20,21,22). The normalized spacial score (nSPS) is 21.3. The van der Waals surface area contributed by atoms with E-state index in [1.54, 1.807) is 27.7 Å². The zero-order valence-electron chi connectivity index (χ0n) is 15.4. The van der Waals surface area contributed by atoms with Crippen molar-refractivity contribution in [3.8, 4) is 0 Å². The highest BCUT2D eigenvalue weighted by Gasteiger charge is 2.51. The molecule has 1 rings (SSSR count). The van der Waals surface area contributed by atoms with Crippen LogP contribution < -0.4 is 0 Å². The number of esters is 1. The fourth-order valence-corrected chi connectivity index (χ4v) is 4.88. The molecule has 0 aromatic rings. The Bertz CT molecular complexity index is 515. The van der Waals surface area contributed by atoms with Crippen molar-refractivity contribution in [2.45, 2.75) is 64.6 Å². The number of likely N-dealkylation sites (tertiary alicyclic amines) is 1. The molecule has 0 radical (unpaired) electrons. The van der Waals surface area contributed by atoms with Crippen LogP contribution in [-0.2, 0) is 18.8 Å². The smallest absolute Gasteiger partial charge is 0.410 e. The van der Waals surface area contributed by atoms with Crippen LogP contribution in [0.4, 0.5) is 4.79 Å². The van der Waals surface area contributed by atoms with Crippen LogP contribution in [-0.4, -0.2) is 57.7 Å². The summed E-state index contributed by atoms with van der Waals surface area (Å²) in [6, 6.07) is -0.872. The van der Waals surface area contributed by atoms with Gasteiger partial charge in [-0.2, -0.15) is 0 Å². The molecule has 1 aliphatic rings. The quantitative estimate of drug-likeness (QED) is 0.492. The van der Waals surface area contributed by atoms with Gasteiger partial charge in [0.05, 0.1) is 18.4 Å². The van der Waals surface area contributed by atoms with Crippen LogP contribution in [0, 0.1) is 5.92 Å². The molecule has 0 aromatic carbocycles. The second-order valence-electron chi connectivity index (χ2n) is 6.32. The van der Waals surface area contributed by atoms with Crippen molar-refractivity contribution in [2.75, 3.05) is 19.8 Å². The molecule has 1 amide bonds. The first-order valence-electron chi connectivity index (χ1n) is 8.83. The van der Waals surface area contributed by atoms with E-state index in [-0.39, 0.29) is 25.6 Å². The Kier molecular flexibility index (Phi) is 7.90. The summed E-state index contributed by atoms with van der Waals surface area (Å²) in [5, 5.41) is -1.20. The summed E-state index contributed by atoms with van der Waals surface area (Å²) < 4.78 is 22.2. The van der Waals surface area contributed by atoms with Gasteiger partial charge in [0.2, 0.25) is 0 Å². The van der Waals surface area contributed by atoms with E-state index in [9.17, 15) is 23.9 Å². The molecule has 146 valence electrons. The van der Waals surface area contributed by atoms with Crippen molar-refractivity contribution in [1.82, 2.24) is 4.90 Å². The first-order chi connectivity index (χ1) is 11.7. The van der Waals surface area contributed by atoms with Crippen LogP contribution in [0.3, 0.4) is 0 Å². The SMILES string of the molecule is CCOC(=O)C1C(CC(CC)(CC)P(=O)(O)O)CCN1C(=O)OCC. The van der Waals surface area contributed by atoms with Gasteiger partial charge in [-0.05, 0) is 45.4 Å². The average molecular weight is 379 g/mol. The highest BCUT2D eigenvalue weighted by molar-refractivity contribution is 7.53. The molecule has 0 aliphatic carbocycles. The second kappa shape index (κ2) is 9.01. The van der Waals surface area contributed by atoms with Crippen LogP contribution in [0.5, 0.6) is 0 Å². The maximum absolute atomic E-state index is 12.4. The highest BCUT2D eigenvalue weighted by atomic mass is 31.2. The molecule has 0 spiro atoms. The van der Waals surface area contributed by atoms with Gasteiger partial charge in [0.25, 0.3) is 0 Å². The summed E-state index contributed by atoms with van der Waals surface area (Å²) in [7, 11) is -4.37. The molecule has 2 atom stereocenters. The first kappa shape index (κ1) is 21.9. The number of amides is 1. The molecule has 8 nitrogen and oxygen atoms in total. The molecule has 2 unspecified atom stereocenters. The van der Waals surface area contributed by atoms with E-state index in [1.165, 1.54) is 4.90 Å². The molecule has 1 fully saturated rings. The maximum Gasteiger partial charge on any atom is 0.410 e. The van der Waals surface area contributed by atoms with Gasteiger partial charge in [-0.3, -0.25) is 9.46 Å². The minimum atomic E-state index is -4.37. The van der Waals surface area contributed by atoms with E-state index in [2.05, 4.69) is 0 Å². The number of nitrogens with zero attached hydrogens (tertiary/aromatic N) is 1. The molecule has 9 heteroatoms. The Morgan fingerprint density at radius 3 is 2.12 bits per heavy atom. The van der Waals surface area contributed by atoms with Crippen LogP contribution in [0.2, 0.25) is 0 Å². The largest absolute Gasteiger partial charge is 0.464 e. The lowest BCUT2D eigenvalue weighted by molar-refractivity contribution is -0.149. The zero-order chi connectivity index (χ0) is 19.3. The Labute approximate surface area is 149 Å². The van der Waals surface area contributed by atoms with E-state index >= 15 is 0 Å². The average Bonchev–Trinajstić information content (AvgIpc) is 2.95. The molecule has 0 aromatic heterocycles. The highest BCUT2D eigenvalue weighted by Crippen LogP contribution is 2.58. The van der Waals surface area contributed by atoms with Crippen LogP contribution >= 0.6 is 7.60 Å². The molecule has 25 heavy (non-hydrogen) atoms. The molecule has 1 saturated heterocycles. The Morgan fingerprint density at radius 1 is 1.12 bits per heavy atom. The topological polar surface area (TPSA) is 113 Å². The predicted molar refractivity (Wildman–Crippen MR) is 92.2 cm³/mol. The van der Waals surface area contributed by atoms with Crippen molar-refractivity contribution in [3.63, 3.8) is 0 Å². The monoisotopic (exact) mass is 379 g/mol. The Balaban J connectivity index is 3.13. The van der Waals surface area contributed by atoms with Crippen molar-refractivity contribution < 1.29 is 33.4 Å². The number of carbonyl (C=O) groups excluding carboxylic acids is 2. The molecule has 0 bridgehead atoms. The molecule has 1 aliphatic heterocycles. The maximum atomic E-state index is 12.4. The van der Waals surface area contributed by atoms with Gasteiger partial charge in [-0.25, -0.2) is 9.59 Å². The van der Waals surface area contributed by atoms with Crippen LogP contribution in [0.15, 0.2) is 0 Å². The third-order valence-electron chi connectivity index (χ3n) is 5.13. The van der Waals surface area contributed by atoms with Gasteiger partial charge in [-0.15, -0.1) is 0 Å². The van der Waals surface area contributed by atoms with E-state index in [4.69, 9.17) is 9.47 Å². The minimum absolute atomic E-state index is 0.156. The summed E-state index contributed by atoms with van der Waals surface area (Å²) in [5.41, 5.74) is 0. The number of carbonyl (C=O) groups is 2. The van der Waals surface area contributed by atoms with E-state index < -0.39 is 30.9 Å². The predicted octanol–water partition coefficient (Wildman–Crippen LogP) is 2.52. The van der Waals surface area contributed by atoms with Gasteiger partial charge in [0.1, 0.15) is 6.04 Å². The summed E-state index contributed by atoms with van der Waals surface area (Å²) in [6.45, 7) is 7.49. The first-order valence-corrected chi connectivity index (χ1v) is 10.4. The summed E-state index contributed by atoms with van der Waals surface area (Å²) in [5.74, 6) is -0.930. The van der Waals surface area contributed by atoms with Crippen molar-refractivity contribution in [2.24, 2.45) is 5.92 Å². The Hall–Kier alpha value is -1.11. The van der Waals surface area contributed by atoms with Crippen molar-refractivity contribution in [1.29, 1.82) is 0 Å². The fourth-order valence-electron chi connectivity index (χ4n) is 3.59. The van der Waals surface area contributed by atoms with Crippen molar-refractivity contribution in [3.05, 3.63) is 0 Å². The molecular formula is C16H30NO7P. The molecule has 0 saturated carbocycles. The van der Waals surface area contributed by atoms with Gasteiger partial charge in [-0.1, -0.05) is 13.8 Å². The van der Waals surface area contributed by atoms with E-state index in [0.717, 1.165) is 0 Å². The zero-order valence-corrected chi connectivity index (χ0v) is 16.3. The summed E-state index contributed by atoms with van der Waals surface area (Å²) in [6.07, 6.45) is 0.615. The number of rotatable bonds is 8. The van der Waals surface area contributed by atoms with Crippen molar-refractivity contribution >= 4 is 19.7 Å². The van der Waals surface area contributed by atoms with E-state index in [0.29, 0.717) is 25.8 Å². The lowest BCUT2D eigenvalue weighted by Gasteiger charge is -2.36. The van der Waals surface area contributed by atoms with E-state index in [1.807, 2.05) is 0 Å². The summed E-state index contributed by atoms with van der Waals surface area (Å²) in [4.78, 5) is 45.6. The van der Waals surface area contributed by atoms with Gasteiger partial charge in [0, 0.05) is 6.54 Å². The number of ether oxygens (including phenoxy) is 2. The van der Waals surface area contributed by atoms with Gasteiger partial charge < -0.3 is 19.3 Å². The Morgan fingerprint density at radius 2 is 1.68 bits per heavy atom. The summed E-state index contributed by atoms with van der Waals surface area (Å²) >= 11 is 0.